The van der Waals surface area contributed by atoms with E-state index in [-0.39, 0.29) is 0 Å². The van der Waals surface area contributed by atoms with Gasteiger partial charge in [-0.2, -0.15) is 0 Å². The summed E-state index contributed by atoms with van der Waals surface area (Å²) >= 11 is 0. The van der Waals surface area contributed by atoms with Crippen molar-refractivity contribution in [2.75, 3.05) is 0 Å². The summed E-state index contributed by atoms with van der Waals surface area (Å²) in [5, 5.41) is 0. The van der Waals surface area contributed by atoms with Gasteiger partial charge in [0.1, 0.15) is 0 Å². The highest BCUT2D eigenvalue weighted by Crippen LogP contribution is 2.33. The summed E-state index contributed by atoms with van der Waals surface area (Å²) in [5.41, 5.74) is 4.36. The van der Waals surface area contributed by atoms with Crippen LogP contribution in [-0.2, 0) is 0 Å². The van der Waals surface area contributed by atoms with Crippen molar-refractivity contribution in [3.05, 3.63) is 47.6 Å². The van der Waals surface area contributed by atoms with Crippen molar-refractivity contribution in [3.8, 4) is 0 Å². The molecule has 2 aliphatic carbocycles. The fourth-order valence-corrected chi connectivity index (χ4v) is 1.52. The Kier molecular flexibility index (Phi) is 1.13. The first-order valence-corrected chi connectivity index (χ1v) is 3.62. The second kappa shape index (κ2) is 1.98. The molecule has 0 bridgehead atoms. The molecule has 2 aliphatic rings. The van der Waals surface area contributed by atoms with Gasteiger partial charge in [0.05, 0.1) is 0 Å². The fraction of sp³-hybridized carbons (Fsp3) is 0.200. The van der Waals surface area contributed by atoms with Gasteiger partial charge < -0.3 is 0 Å². The normalized spacial score (nSPS) is 21.4. The number of allylic oxidation sites excluding steroid dienone is 7. The second-order valence-corrected chi connectivity index (χ2v) is 2.77. The van der Waals surface area contributed by atoms with E-state index in [1.54, 1.807) is 5.57 Å². The third-order valence-electron chi connectivity index (χ3n) is 2.09. The van der Waals surface area contributed by atoms with Gasteiger partial charge in [-0.25, -0.2) is 0 Å². The maximum Gasteiger partial charge on any atom is -0.00550 e. The summed E-state index contributed by atoms with van der Waals surface area (Å²) in [6, 6.07) is 0. The molecule has 0 aromatic heterocycles. The highest BCUT2D eigenvalue weighted by Gasteiger charge is 2.13. The molecular formula is C10H10. The smallest absolute Gasteiger partial charge is 0.00550 e. The minimum absolute atomic E-state index is 1.13. The first-order valence-electron chi connectivity index (χ1n) is 3.62. The van der Waals surface area contributed by atoms with Gasteiger partial charge >= 0.3 is 0 Å². The predicted molar refractivity (Wildman–Crippen MR) is 43.7 cm³/mol. The van der Waals surface area contributed by atoms with E-state index in [1.165, 1.54) is 11.1 Å². The summed E-state index contributed by atoms with van der Waals surface area (Å²) < 4.78 is 0. The highest BCUT2D eigenvalue weighted by molar-refractivity contribution is 5.52. The predicted octanol–water partition coefficient (Wildman–Crippen LogP) is 2.76. The van der Waals surface area contributed by atoms with Crippen LogP contribution in [0.2, 0.25) is 0 Å². The lowest BCUT2D eigenvalue weighted by molar-refractivity contribution is 1.12. The van der Waals surface area contributed by atoms with Crippen LogP contribution in [0.15, 0.2) is 47.6 Å². The first kappa shape index (κ1) is 5.72. The van der Waals surface area contributed by atoms with E-state index < -0.39 is 0 Å². The largest absolute Gasteiger partial charge is 0.0988 e. The van der Waals surface area contributed by atoms with Crippen molar-refractivity contribution >= 4 is 0 Å². The molecule has 0 aromatic carbocycles. The van der Waals surface area contributed by atoms with E-state index in [1.807, 2.05) is 6.08 Å². The van der Waals surface area contributed by atoms with Crippen molar-refractivity contribution < 1.29 is 0 Å². The van der Waals surface area contributed by atoms with Crippen LogP contribution in [0.4, 0.5) is 0 Å². The van der Waals surface area contributed by atoms with Crippen LogP contribution in [0, 0.1) is 0 Å². The van der Waals surface area contributed by atoms with Gasteiger partial charge in [-0.15, -0.1) is 0 Å². The molecule has 0 nitrogen and oxygen atoms in total. The molecule has 0 atom stereocenters. The van der Waals surface area contributed by atoms with Crippen LogP contribution < -0.4 is 0 Å². The molecule has 0 saturated carbocycles. The Morgan fingerprint density at radius 2 is 2.40 bits per heavy atom. The summed E-state index contributed by atoms with van der Waals surface area (Å²) in [6.45, 7) is 3.75. The zero-order valence-electron chi connectivity index (χ0n) is 5.93. The summed E-state index contributed by atoms with van der Waals surface area (Å²) in [5.74, 6) is 0. The van der Waals surface area contributed by atoms with Crippen LogP contribution in [0.3, 0.4) is 0 Å². The Morgan fingerprint density at radius 1 is 1.50 bits per heavy atom. The Balaban J connectivity index is 2.30. The zero-order valence-corrected chi connectivity index (χ0v) is 5.93. The Labute approximate surface area is 61.3 Å². The summed E-state index contributed by atoms with van der Waals surface area (Å²) in [7, 11) is 0. The molecule has 0 N–H and O–H groups in total. The average molecular weight is 130 g/mol. The third kappa shape index (κ3) is 0.688. The molecule has 10 heavy (non-hydrogen) atoms. The lowest BCUT2D eigenvalue weighted by atomic mass is 10.1. The van der Waals surface area contributed by atoms with Crippen LogP contribution in [0.25, 0.3) is 0 Å². The molecule has 0 unspecified atom stereocenters. The van der Waals surface area contributed by atoms with E-state index in [0.717, 1.165) is 12.8 Å². The summed E-state index contributed by atoms with van der Waals surface area (Å²) in [4.78, 5) is 0. The zero-order chi connectivity index (χ0) is 6.97. The van der Waals surface area contributed by atoms with Gasteiger partial charge in [-0.05, 0) is 24.0 Å². The molecule has 0 amide bonds. The Morgan fingerprint density at radius 3 is 3.10 bits per heavy atom. The highest BCUT2D eigenvalue weighted by atomic mass is 14.2. The van der Waals surface area contributed by atoms with Crippen molar-refractivity contribution in [2.24, 2.45) is 0 Å². The first-order chi connectivity index (χ1) is 4.90. The van der Waals surface area contributed by atoms with Gasteiger partial charge in [0.25, 0.3) is 0 Å². The lowest BCUT2D eigenvalue weighted by Crippen LogP contribution is -1.75. The molecule has 0 heteroatoms. The van der Waals surface area contributed by atoms with Gasteiger partial charge in [0, 0.05) is 0 Å². The standard InChI is InChI=1S/C10H10/c1-2-8-6-9-4-3-5-10(9)7-8/h2-4,6H,1,5,7H2. The molecule has 50 valence electrons. The maximum absolute atomic E-state index is 3.75. The van der Waals surface area contributed by atoms with E-state index in [9.17, 15) is 0 Å². The van der Waals surface area contributed by atoms with E-state index in [2.05, 4.69) is 24.8 Å². The van der Waals surface area contributed by atoms with Gasteiger partial charge in [0.2, 0.25) is 0 Å². The molecule has 0 radical (unpaired) electrons. The maximum atomic E-state index is 3.75. The van der Waals surface area contributed by atoms with Crippen LogP contribution in [-0.4, -0.2) is 0 Å². The quantitative estimate of drug-likeness (QED) is 0.512. The molecule has 0 spiro atoms. The van der Waals surface area contributed by atoms with E-state index >= 15 is 0 Å². The topological polar surface area (TPSA) is 0 Å². The molecule has 0 aliphatic heterocycles. The molecule has 0 aromatic rings. The van der Waals surface area contributed by atoms with Gasteiger partial charge in [-0.1, -0.05) is 36.5 Å². The number of hydrogen-bond donors (Lipinski definition) is 0. The second-order valence-electron chi connectivity index (χ2n) is 2.77. The van der Waals surface area contributed by atoms with E-state index in [4.69, 9.17) is 0 Å². The van der Waals surface area contributed by atoms with Crippen LogP contribution >= 0.6 is 0 Å². The molecule has 2 rings (SSSR count). The Hall–Kier alpha value is -1.04. The summed E-state index contributed by atoms with van der Waals surface area (Å²) in [6.07, 6.45) is 10.9. The average Bonchev–Trinajstić information content (AvgIpc) is 2.42. The molecule has 0 saturated heterocycles. The lowest BCUT2D eigenvalue weighted by Gasteiger charge is -1.93. The minimum Gasteiger partial charge on any atom is -0.0988 e. The molecule has 0 fully saturated rings. The number of rotatable bonds is 1. The van der Waals surface area contributed by atoms with Crippen molar-refractivity contribution in [3.63, 3.8) is 0 Å². The third-order valence-corrected chi connectivity index (χ3v) is 2.09. The van der Waals surface area contributed by atoms with Crippen molar-refractivity contribution in [1.29, 1.82) is 0 Å². The molecular weight excluding hydrogens is 120 g/mol. The van der Waals surface area contributed by atoms with Gasteiger partial charge in [-0.3, -0.25) is 0 Å². The van der Waals surface area contributed by atoms with Crippen LogP contribution in [0.1, 0.15) is 12.8 Å². The Bertz CT molecular complexity index is 262. The monoisotopic (exact) mass is 130 g/mol. The molecule has 0 heterocycles. The van der Waals surface area contributed by atoms with Crippen molar-refractivity contribution in [2.45, 2.75) is 12.8 Å². The fourth-order valence-electron chi connectivity index (χ4n) is 1.52. The number of hydrogen-bond acceptors (Lipinski definition) is 0. The van der Waals surface area contributed by atoms with E-state index in [0.29, 0.717) is 0 Å². The SMILES string of the molecule is C=CC1=CC2=C(CC=C2)C1. The van der Waals surface area contributed by atoms with Crippen LogP contribution in [0.5, 0.6) is 0 Å². The van der Waals surface area contributed by atoms with Crippen molar-refractivity contribution in [1.82, 2.24) is 0 Å². The van der Waals surface area contributed by atoms with Gasteiger partial charge in [0.15, 0.2) is 0 Å². The minimum atomic E-state index is 1.13.